The van der Waals surface area contributed by atoms with Crippen LogP contribution in [-0.4, -0.2) is 60.6 Å². The highest BCUT2D eigenvalue weighted by molar-refractivity contribution is 5.94. The fourth-order valence-corrected chi connectivity index (χ4v) is 4.25. The molecule has 1 aliphatic heterocycles. The maximum atomic E-state index is 15.0. The summed E-state index contributed by atoms with van der Waals surface area (Å²) >= 11 is 0. The summed E-state index contributed by atoms with van der Waals surface area (Å²) in [6.45, 7) is 5.16. The molecule has 5 rings (SSSR count). The summed E-state index contributed by atoms with van der Waals surface area (Å²) in [7, 11) is 3.85. The van der Waals surface area contributed by atoms with Crippen molar-refractivity contribution in [1.82, 2.24) is 20.2 Å². The number of nitrogens with zero attached hydrogens (tertiary/aromatic N) is 6. The van der Waals surface area contributed by atoms with Crippen LogP contribution < -0.4 is 9.80 Å². The first kappa shape index (κ1) is 22.2. The Morgan fingerprint density at radius 3 is 2.53 bits per heavy atom. The van der Waals surface area contributed by atoms with E-state index in [4.69, 9.17) is 4.74 Å². The number of fused-ring (bicyclic) bond motifs is 1. The van der Waals surface area contributed by atoms with Crippen molar-refractivity contribution in [1.29, 1.82) is 0 Å². The van der Waals surface area contributed by atoms with Gasteiger partial charge in [-0.2, -0.15) is 5.10 Å². The van der Waals surface area contributed by atoms with Gasteiger partial charge in [0.1, 0.15) is 12.1 Å². The van der Waals surface area contributed by atoms with E-state index in [9.17, 15) is 0 Å². The maximum Gasteiger partial charge on any atom is 0.150 e. The summed E-state index contributed by atoms with van der Waals surface area (Å²) < 4.78 is 20.5. The van der Waals surface area contributed by atoms with Gasteiger partial charge in [-0.15, -0.1) is 5.10 Å². The highest BCUT2D eigenvalue weighted by Crippen LogP contribution is 2.33. The van der Waals surface area contributed by atoms with Crippen molar-refractivity contribution in [3.8, 4) is 11.3 Å². The number of aromatic nitrogens is 4. The molecule has 0 radical (unpaired) electrons. The van der Waals surface area contributed by atoms with Crippen molar-refractivity contribution in [3.63, 3.8) is 0 Å². The zero-order valence-electron chi connectivity index (χ0n) is 19.6. The fraction of sp³-hybridized carbons (Fsp3) is 0.308. The van der Waals surface area contributed by atoms with E-state index < -0.39 is 0 Å². The Kier molecular flexibility index (Phi) is 6.06. The minimum atomic E-state index is -0.317. The van der Waals surface area contributed by atoms with Crippen molar-refractivity contribution in [2.75, 3.05) is 50.2 Å². The molecule has 4 aromatic rings. The Morgan fingerprint density at radius 2 is 1.79 bits per heavy atom. The molecule has 1 saturated heterocycles. The lowest BCUT2D eigenvalue weighted by molar-refractivity contribution is 0.122. The van der Waals surface area contributed by atoms with Gasteiger partial charge in [-0.05, 0) is 48.0 Å². The Hall–Kier alpha value is -3.65. The molecular weight excluding hydrogens is 431 g/mol. The van der Waals surface area contributed by atoms with Crippen LogP contribution in [0.25, 0.3) is 22.2 Å². The normalized spacial score (nSPS) is 14.9. The average Bonchev–Trinajstić information content (AvgIpc) is 2.88. The molecular formula is C26H27FN6O. The average molecular weight is 459 g/mol. The van der Waals surface area contributed by atoms with Crippen LogP contribution in [0.3, 0.4) is 0 Å². The fourth-order valence-electron chi connectivity index (χ4n) is 4.25. The zero-order chi connectivity index (χ0) is 23.7. The molecule has 1 atom stereocenters. The van der Waals surface area contributed by atoms with Gasteiger partial charge in [-0.25, -0.2) is 14.4 Å². The van der Waals surface area contributed by atoms with E-state index in [0.29, 0.717) is 24.5 Å². The molecule has 1 unspecified atom stereocenters. The van der Waals surface area contributed by atoms with E-state index in [1.807, 2.05) is 62.3 Å². The van der Waals surface area contributed by atoms with Crippen LogP contribution in [0, 0.1) is 5.82 Å². The maximum absolute atomic E-state index is 15.0. The number of ether oxygens (including phenoxy) is 1. The van der Waals surface area contributed by atoms with Gasteiger partial charge in [0.15, 0.2) is 5.82 Å². The van der Waals surface area contributed by atoms with Crippen LogP contribution in [0.1, 0.15) is 24.1 Å². The summed E-state index contributed by atoms with van der Waals surface area (Å²) in [6, 6.07) is 15.1. The largest absolute Gasteiger partial charge is 0.378 e. The van der Waals surface area contributed by atoms with E-state index in [-0.39, 0.29) is 11.7 Å². The van der Waals surface area contributed by atoms with Gasteiger partial charge in [0.2, 0.25) is 0 Å². The number of benzene rings is 2. The standard InChI is InChI=1S/C26H27FN6O/c1-17(23-8-9-25(31-30-23)32(2)3)18-4-7-22(27)21(14-18)26-20-6-5-19(15-24(20)28-16-29-26)33-10-12-34-13-11-33/h4-9,14-17H,10-13H2,1-3H3. The molecule has 2 aromatic heterocycles. The molecule has 3 heterocycles. The van der Waals surface area contributed by atoms with Crippen molar-refractivity contribution in [2.45, 2.75) is 12.8 Å². The lowest BCUT2D eigenvalue weighted by atomic mass is 9.94. The highest BCUT2D eigenvalue weighted by Gasteiger charge is 2.18. The quantitative estimate of drug-likeness (QED) is 0.442. The molecule has 8 heteroatoms. The second-order valence-electron chi connectivity index (χ2n) is 8.69. The van der Waals surface area contributed by atoms with Crippen LogP contribution in [0.4, 0.5) is 15.9 Å². The Balaban J connectivity index is 1.51. The number of hydrogen-bond donors (Lipinski definition) is 0. The first-order valence-electron chi connectivity index (χ1n) is 11.4. The van der Waals surface area contributed by atoms with Crippen molar-refractivity contribution < 1.29 is 9.13 Å². The lowest BCUT2D eigenvalue weighted by Gasteiger charge is -2.29. The third kappa shape index (κ3) is 4.28. The lowest BCUT2D eigenvalue weighted by Crippen LogP contribution is -2.36. The third-order valence-corrected chi connectivity index (χ3v) is 6.31. The third-order valence-electron chi connectivity index (χ3n) is 6.31. The van der Waals surface area contributed by atoms with Crippen LogP contribution in [0.15, 0.2) is 54.9 Å². The molecule has 1 aliphatic rings. The van der Waals surface area contributed by atoms with E-state index in [1.54, 1.807) is 6.07 Å². The summed E-state index contributed by atoms with van der Waals surface area (Å²) in [4.78, 5) is 13.1. The second kappa shape index (κ2) is 9.30. The molecule has 2 aromatic carbocycles. The second-order valence-corrected chi connectivity index (χ2v) is 8.69. The zero-order valence-corrected chi connectivity index (χ0v) is 19.6. The minimum Gasteiger partial charge on any atom is -0.378 e. The summed E-state index contributed by atoms with van der Waals surface area (Å²) in [5.74, 6) is 0.422. The number of morpholine rings is 1. The monoisotopic (exact) mass is 458 g/mol. The van der Waals surface area contributed by atoms with Gasteiger partial charge >= 0.3 is 0 Å². The summed E-state index contributed by atoms with van der Waals surface area (Å²) in [5, 5.41) is 9.48. The minimum absolute atomic E-state index is 0.0518. The molecule has 1 fully saturated rings. The number of hydrogen-bond acceptors (Lipinski definition) is 7. The smallest absolute Gasteiger partial charge is 0.150 e. The van der Waals surface area contributed by atoms with Gasteiger partial charge in [0.05, 0.1) is 30.1 Å². The van der Waals surface area contributed by atoms with Gasteiger partial charge < -0.3 is 14.5 Å². The van der Waals surface area contributed by atoms with Crippen LogP contribution >= 0.6 is 0 Å². The van der Waals surface area contributed by atoms with E-state index in [0.717, 1.165) is 46.8 Å². The van der Waals surface area contributed by atoms with E-state index >= 15 is 4.39 Å². The summed E-state index contributed by atoms with van der Waals surface area (Å²) in [5.41, 5.74) is 4.68. The molecule has 0 saturated carbocycles. The van der Waals surface area contributed by atoms with Crippen LogP contribution in [0.5, 0.6) is 0 Å². The molecule has 174 valence electrons. The SMILES string of the molecule is CC(c1ccc(F)c(-c2ncnc3cc(N4CCOCC4)ccc23)c1)c1ccc(N(C)C)nn1. The Bertz CT molecular complexity index is 1300. The van der Waals surface area contributed by atoms with Gasteiger partial charge in [-0.1, -0.05) is 13.0 Å². The molecule has 0 N–H and O–H groups in total. The molecule has 34 heavy (non-hydrogen) atoms. The Labute approximate surface area is 198 Å². The Morgan fingerprint density at radius 1 is 0.971 bits per heavy atom. The predicted octanol–water partition coefficient (Wildman–Crippen LogP) is 4.28. The first-order chi connectivity index (χ1) is 16.5. The van der Waals surface area contributed by atoms with Gasteiger partial charge in [-0.3, -0.25) is 0 Å². The van der Waals surface area contributed by atoms with Crippen LogP contribution in [-0.2, 0) is 4.74 Å². The van der Waals surface area contributed by atoms with Crippen molar-refractivity contribution in [2.24, 2.45) is 0 Å². The molecule has 7 nitrogen and oxygen atoms in total. The first-order valence-corrected chi connectivity index (χ1v) is 11.4. The summed E-state index contributed by atoms with van der Waals surface area (Å²) in [6.07, 6.45) is 1.50. The number of anilines is 2. The number of rotatable bonds is 5. The number of halogens is 1. The van der Waals surface area contributed by atoms with Crippen molar-refractivity contribution >= 4 is 22.4 Å². The highest BCUT2D eigenvalue weighted by atomic mass is 19.1. The van der Waals surface area contributed by atoms with Gasteiger partial charge in [0, 0.05) is 49.7 Å². The van der Waals surface area contributed by atoms with E-state index in [1.165, 1.54) is 12.4 Å². The topological polar surface area (TPSA) is 67.3 Å². The molecule has 0 bridgehead atoms. The molecule has 0 aliphatic carbocycles. The molecule has 0 spiro atoms. The molecule has 0 amide bonds. The van der Waals surface area contributed by atoms with Gasteiger partial charge in [0.25, 0.3) is 0 Å². The van der Waals surface area contributed by atoms with Crippen LogP contribution in [0.2, 0.25) is 0 Å². The van der Waals surface area contributed by atoms with Crippen molar-refractivity contribution in [3.05, 3.63) is 71.9 Å². The predicted molar refractivity (Wildman–Crippen MR) is 132 cm³/mol. The van der Waals surface area contributed by atoms with E-state index in [2.05, 4.69) is 25.1 Å².